The summed E-state index contributed by atoms with van der Waals surface area (Å²) in [7, 11) is 0. The maximum Gasteiger partial charge on any atom is 0.222 e. The third-order valence-electron chi connectivity index (χ3n) is 3.79. The molecule has 2 nitrogen and oxygen atoms in total. The molecule has 0 aromatic heterocycles. The summed E-state index contributed by atoms with van der Waals surface area (Å²) < 4.78 is 0. The van der Waals surface area contributed by atoms with Gasteiger partial charge < -0.3 is 4.90 Å². The molecule has 0 N–H and O–H groups in total. The van der Waals surface area contributed by atoms with Crippen molar-refractivity contribution in [2.45, 2.75) is 44.9 Å². The first-order chi connectivity index (χ1) is 8.81. The van der Waals surface area contributed by atoms with Crippen molar-refractivity contribution in [1.82, 2.24) is 4.90 Å². The van der Waals surface area contributed by atoms with Crippen molar-refractivity contribution in [3.8, 4) is 0 Å². The second-order valence-corrected chi connectivity index (χ2v) is 5.19. The SMILES string of the molecule is CCCCN1CC(c2ccccc2)CCCC1=O. The fourth-order valence-corrected chi connectivity index (χ4v) is 2.68. The molecule has 1 saturated heterocycles. The molecule has 0 bridgehead atoms. The molecule has 0 aliphatic carbocycles. The lowest BCUT2D eigenvalue weighted by Gasteiger charge is -2.24. The van der Waals surface area contributed by atoms with Gasteiger partial charge in [-0.15, -0.1) is 0 Å². The van der Waals surface area contributed by atoms with E-state index in [4.69, 9.17) is 0 Å². The number of likely N-dealkylation sites (tertiary alicyclic amines) is 1. The largest absolute Gasteiger partial charge is 0.342 e. The molecule has 1 heterocycles. The number of carbonyl (C=O) groups excluding carboxylic acids is 1. The third-order valence-corrected chi connectivity index (χ3v) is 3.79. The first-order valence-electron chi connectivity index (χ1n) is 7.14. The first-order valence-corrected chi connectivity index (χ1v) is 7.14. The predicted octanol–water partition coefficient (Wildman–Crippen LogP) is 3.58. The molecule has 1 aliphatic heterocycles. The van der Waals surface area contributed by atoms with E-state index >= 15 is 0 Å². The lowest BCUT2D eigenvalue weighted by Crippen LogP contribution is -2.33. The fraction of sp³-hybridized carbons (Fsp3) is 0.562. The zero-order chi connectivity index (χ0) is 12.8. The van der Waals surface area contributed by atoms with Crippen LogP contribution in [0.1, 0.15) is 50.5 Å². The number of hydrogen-bond acceptors (Lipinski definition) is 1. The molecule has 1 atom stereocenters. The number of rotatable bonds is 4. The molecule has 1 aromatic carbocycles. The van der Waals surface area contributed by atoms with Crippen LogP contribution in [-0.4, -0.2) is 23.9 Å². The summed E-state index contributed by atoms with van der Waals surface area (Å²) in [5.41, 5.74) is 1.38. The minimum atomic E-state index is 0.349. The van der Waals surface area contributed by atoms with Crippen LogP contribution in [-0.2, 0) is 4.79 Å². The van der Waals surface area contributed by atoms with E-state index < -0.39 is 0 Å². The molecule has 1 aliphatic rings. The zero-order valence-corrected chi connectivity index (χ0v) is 11.3. The van der Waals surface area contributed by atoms with Crippen LogP contribution >= 0.6 is 0 Å². The summed E-state index contributed by atoms with van der Waals surface area (Å²) >= 11 is 0. The van der Waals surface area contributed by atoms with Gasteiger partial charge >= 0.3 is 0 Å². The topological polar surface area (TPSA) is 20.3 Å². The quantitative estimate of drug-likeness (QED) is 0.794. The summed E-state index contributed by atoms with van der Waals surface area (Å²) in [6, 6.07) is 10.6. The van der Waals surface area contributed by atoms with Crippen LogP contribution < -0.4 is 0 Å². The highest BCUT2D eigenvalue weighted by Crippen LogP contribution is 2.26. The van der Waals surface area contributed by atoms with Crippen molar-refractivity contribution in [2.75, 3.05) is 13.1 Å². The third kappa shape index (κ3) is 3.34. The van der Waals surface area contributed by atoms with Gasteiger partial charge in [0, 0.05) is 25.4 Å². The Kier molecular flexibility index (Phi) is 4.80. The average Bonchev–Trinajstić information content (AvgIpc) is 2.60. The Balaban J connectivity index is 2.06. The van der Waals surface area contributed by atoms with E-state index in [0.717, 1.165) is 45.2 Å². The van der Waals surface area contributed by atoms with Gasteiger partial charge in [0.05, 0.1) is 0 Å². The molecule has 2 heteroatoms. The van der Waals surface area contributed by atoms with Gasteiger partial charge in [0.2, 0.25) is 5.91 Å². The van der Waals surface area contributed by atoms with Gasteiger partial charge in [0.25, 0.3) is 0 Å². The zero-order valence-electron chi connectivity index (χ0n) is 11.3. The van der Waals surface area contributed by atoms with E-state index in [1.807, 2.05) is 0 Å². The molecule has 0 spiro atoms. The molecule has 0 saturated carbocycles. The van der Waals surface area contributed by atoms with Gasteiger partial charge in [-0.2, -0.15) is 0 Å². The van der Waals surface area contributed by atoms with Crippen LogP contribution in [0.3, 0.4) is 0 Å². The molecule has 1 unspecified atom stereocenters. The van der Waals surface area contributed by atoms with Crippen LogP contribution in [0.5, 0.6) is 0 Å². The first kappa shape index (κ1) is 13.1. The van der Waals surface area contributed by atoms with E-state index in [2.05, 4.69) is 42.2 Å². The molecule has 2 rings (SSSR count). The van der Waals surface area contributed by atoms with Gasteiger partial charge in [-0.05, 0) is 24.8 Å². The second-order valence-electron chi connectivity index (χ2n) is 5.19. The predicted molar refractivity (Wildman–Crippen MR) is 74.5 cm³/mol. The minimum Gasteiger partial charge on any atom is -0.342 e. The van der Waals surface area contributed by atoms with Crippen molar-refractivity contribution >= 4 is 5.91 Å². The van der Waals surface area contributed by atoms with E-state index in [1.54, 1.807) is 0 Å². The summed E-state index contributed by atoms with van der Waals surface area (Å²) in [4.78, 5) is 14.1. The Morgan fingerprint density at radius 3 is 2.78 bits per heavy atom. The number of hydrogen-bond donors (Lipinski definition) is 0. The summed E-state index contributed by atoms with van der Waals surface area (Å²) in [6.45, 7) is 4.01. The van der Waals surface area contributed by atoms with Crippen molar-refractivity contribution in [3.63, 3.8) is 0 Å². The van der Waals surface area contributed by atoms with E-state index in [0.29, 0.717) is 11.8 Å². The van der Waals surface area contributed by atoms with Crippen molar-refractivity contribution in [2.24, 2.45) is 0 Å². The smallest absolute Gasteiger partial charge is 0.222 e. The second kappa shape index (κ2) is 6.58. The van der Waals surface area contributed by atoms with E-state index in [-0.39, 0.29) is 0 Å². The van der Waals surface area contributed by atoms with Gasteiger partial charge in [-0.25, -0.2) is 0 Å². The molecular weight excluding hydrogens is 222 g/mol. The van der Waals surface area contributed by atoms with E-state index in [1.165, 1.54) is 5.56 Å². The summed E-state index contributed by atoms with van der Waals surface area (Å²) in [5, 5.41) is 0. The van der Waals surface area contributed by atoms with Gasteiger partial charge in [0.1, 0.15) is 0 Å². The minimum absolute atomic E-state index is 0.349. The Labute approximate surface area is 110 Å². The number of benzene rings is 1. The lowest BCUT2D eigenvalue weighted by molar-refractivity contribution is -0.130. The van der Waals surface area contributed by atoms with Crippen LogP contribution in [0.15, 0.2) is 30.3 Å². The standard InChI is InChI=1S/C16H23NO/c1-2-3-12-17-13-15(10-7-11-16(17)18)14-8-5-4-6-9-14/h4-6,8-9,15H,2-3,7,10-13H2,1H3. The highest BCUT2D eigenvalue weighted by molar-refractivity contribution is 5.76. The van der Waals surface area contributed by atoms with Crippen LogP contribution in [0.4, 0.5) is 0 Å². The molecule has 1 amide bonds. The molecular formula is C16H23NO. The van der Waals surface area contributed by atoms with Gasteiger partial charge in [-0.3, -0.25) is 4.79 Å². The van der Waals surface area contributed by atoms with Crippen LogP contribution in [0, 0.1) is 0 Å². The highest BCUT2D eigenvalue weighted by atomic mass is 16.2. The maximum atomic E-state index is 12.0. The van der Waals surface area contributed by atoms with Crippen molar-refractivity contribution in [1.29, 1.82) is 0 Å². The number of unbranched alkanes of at least 4 members (excludes halogenated alkanes) is 1. The average molecular weight is 245 g/mol. The highest BCUT2D eigenvalue weighted by Gasteiger charge is 2.23. The maximum absolute atomic E-state index is 12.0. The molecule has 18 heavy (non-hydrogen) atoms. The van der Waals surface area contributed by atoms with Crippen LogP contribution in [0.25, 0.3) is 0 Å². The lowest BCUT2D eigenvalue weighted by atomic mass is 9.94. The number of amides is 1. The summed E-state index contributed by atoms with van der Waals surface area (Å²) in [5.74, 6) is 0.872. The summed E-state index contributed by atoms with van der Waals surface area (Å²) in [6.07, 6.45) is 5.17. The Morgan fingerprint density at radius 2 is 2.06 bits per heavy atom. The van der Waals surface area contributed by atoms with Crippen molar-refractivity contribution in [3.05, 3.63) is 35.9 Å². The Bertz CT molecular complexity index is 374. The molecule has 1 fully saturated rings. The van der Waals surface area contributed by atoms with Crippen LogP contribution in [0.2, 0.25) is 0 Å². The Hall–Kier alpha value is -1.31. The van der Waals surface area contributed by atoms with Crippen molar-refractivity contribution < 1.29 is 4.79 Å². The molecule has 0 radical (unpaired) electrons. The van der Waals surface area contributed by atoms with Gasteiger partial charge in [0.15, 0.2) is 0 Å². The Morgan fingerprint density at radius 1 is 1.28 bits per heavy atom. The monoisotopic (exact) mass is 245 g/mol. The van der Waals surface area contributed by atoms with Gasteiger partial charge in [-0.1, -0.05) is 43.7 Å². The number of nitrogens with zero attached hydrogens (tertiary/aromatic N) is 1. The normalized spacial score (nSPS) is 20.8. The van der Waals surface area contributed by atoms with E-state index in [9.17, 15) is 4.79 Å². The number of carbonyl (C=O) groups is 1. The molecule has 1 aromatic rings. The fourth-order valence-electron chi connectivity index (χ4n) is 2.68. The molecule has 98 valence electrons.